The van der Waals surface area contributed by atoms with Gasteiger partial charge < -0.3 is 19.5 Å². The number of aromatic nitrogens is 2. The second-order valence-corrected chi connectivity index (χ2v) is 10.1. The Morgan fingerprint density at radius 1 is 1.05 bits per heavy atom. The van der Waals surface area contributed by atoms with Gasteiger partial charge in [0, 0.05) is 15.2 Å². The molecule has 1 aromatic heterocycles. The quantitative estimate of drug-likeness (QED) is 0.244. The van der Waals surface area contributed by atoms with E-state index in [-0.39, 0.29) is 43.5 Å². The van der Waals surface area contributed by atoms with Gasteiger partial charge in [-0.2, -0.15) is 5.10 Å². The maximum Gasteiger partial charge on any atom is 0.358 e. The number of carbonyl (C=O) groups excluding carboxylic acids is 2. The fraction of sp³-hybridized carbons (Fsp3) is 0.393. The van der Waals surface area contributed by atoms with Crippen molar-refractivity contribution < 1.29 is 23.8 Å². The number of amides is 1. The van der Waals surface area contributed by atoms with Crippen molar-refractivity contribution in [3.05, 3.63) is 81.1 Å². The highest BCUT2D eigenvalue weighted by Crippen LogP contribution is 2.23. The Morgan fingerprint density at radius 3 is 2.59 bits per heavy atom. The van der Waals surface area contributed by atoms with E-state index in [1.165, 1.54) is 10.7 Å². The normalized spacial score (nSPS) is 17.2. The molecule has 0 aliphatic heterocycles. The number of nitrogens with zero attached hydrogens (tertiary/aromatic N) is 2. The van der Waals surface area contributed by atoms with Crippen LogP contribution in [0.1, 0.15) is 54.2 Å². The lowest BCUT2D eigenvalue weighted by Gasteiger charge is -2.32. The van der Waals surface area contributed by atoms with E-state index in [1.54, 1.807) is 6.92 Å². The summed E-state index contributed by atoms with van der Waals surface area (Å²) in [5, 5.41) is 7.44. The molecule has 1 amide bonds. The Morgan fingerprint density at radius 2 is 1.81 bits per heavy atom. The summed E-state index contributed by atoms with van der Waals surface area (Å²) >= 11 is 2.25. The van der Waals surface area contributed by atoms with Crippen LogP contribution in [-0.2, 0) is 34.0 Å². The molecule has 3 aromatic rings. The first-order valence-electron chi connectivity index (χ1n) is 12.6. The molecule has 1 heterocycles. The van der Waals surface area contributed by atoms with Gasteiger partial charge in [0.15, 0.2) is 5.69 Å². The molecule has 1 N–H and O–H groups in total. The van der Waals surface area contributed by atoms with Crippen molar-refractivity contribution in [2.45, 2.75) is 64.5 Å². The van der Waals surface area contributed by atoms with Crippen molar-refractivity contribution in [1.29, 1.82) is 0 Å². The highest BCUT2D eigenvalue weighted by atomic mass is 127. The molecular formula is C28H32IN3O5. The number of nitrogens with one attached hydrogen (secondary N) is 1. The Bertz CT molecular complexity index is 1180. The van der Waals surface area contributed by atoms with E-state index in [2.05, 4.69) is 33.0 Å². The number of hydrogen-bond acceptors (Lipinski definition) is 6. The van der Waals surface area contributed by atoms with Crippen molar-refractivity contribution in [2.75, 3.05) is 6.61 Å². The number of hydrogen-bond donors (Lipinski definition) is 1. The van der Waals surface area contributed by atoms with Crippen LogP contribution >= 0.6 is 22.6 Å². The van der Waals surface area contributed by atoms with E-state index >= 15 is 0 Å². The molecule has 0 radical (unpaired) electrons. The summed E-state index contributed by atoms with van der Waals surface area (Å²) in [6.07, 6.45) is 3.81. The molecule has 196 valence electrons. The van der Waals surface area contributed by atoms with Crippen molar-refractivity contribution in [2.24, 2.45) is 0 Å². The first kappa shape index (κ1) is 27.1. The van der Waals surface area contributed by atoms with Crippen molar-refractivity contribution >= 4 is 34.5 Å². The van der Waals surface area contributed by atoms with E-state index < -0.39 is 5.97 Å². The summed E-state index contributed by atoms with van der Waals surface area (Å²) in [5.74, 6) is -0.432. The van der Waals surface area contributed by atoms with Gasteiger partial charge in [-0.3, -0.25) is 4.79 Å². The summed E-state index contributed by atoms with van der Waals surface area (Å²) in [5.41, 5.74) is 2.21. The summed E-state index contributed by atoms with van der Waals surface area (Å²) in [7, 11) is 0. The van der Waals surface area contributed by atoms with E-state index in [1.807, 2.05) is 54.6 Å². The molecule has 0 spiro atoms. The summed E-state index contributed by atoms with van der Waals surface area (Å²) in [6, 6.07) is 19.3. The van der Waals surface area contributed by atoms with Crippen LogP contribution in [0, 0.1) is 3.57 Å². The van der Waals surface area contributed by atoms with Crippen LogP contribution in [0.3, 0.4) is 0 Å². The van der Waals surface area contributed by atoms with Gasteiger partial charge in [0.1, 0.15) is 13.2 Å². The second-order valence-electron chi connectivity index (χ2n) is 8.92. The van der Waals surface area contributed by atoms with Gasteiger partial charge in [0.05, 0.1) is 25.4 Å². The first-order valence-corrected chi connectivity index (χ1v) is 13.7. The van der Waals surface area contributed by atoms with Crippen molar-refractivity contribution in [1.82, 2.24) is 15.1 Å². The van der Waals surface area contributed by atoms with E-state index in [4.69, 9.17) is 14.2 Å². The van der Waals surface area contributed by atoms with Gasteiger partial charge in [0.2, 0.25) is 11.8 Å². The minimum atomic E-state index is -0.553. The Hall–Kier alpha value is -2.92. The van der Waals surface area contributed by atoms with Gasteiger partial charge in [-0.25, -0.2) is 9.48 Å². The molecular weight excluding hydrogens is 585 g/mol. The molecule has 0 bridgehead atoms. The summed E-state index contributed by atoms with van der Waals surface area (Å²) in [4.78, 5) is 25.4. The predicted octanol–water partition coefficient (Wildman–Crippen LogP) is 4.89. The molecule has 8 nitrogen and oxygen atoms in total. The highest BCUT2D eigenvalue weighted by Gasteiger charge is 2.28. The molecule has 0 saturated heterocycles. The second kappa shape index (κ2) is 13.6. The van der Waals surface area contributed by atoms with Crippen LogP contribution in [0.15, 0.2) is 60.7 Å². The minimum Gasteiger partial charge on any atom is -0.473 e. The minimum absolute atomic E-state index is 0.0542. The average Bonchev–Trinajstić information content (AvgIpc) is 3.31. The van der Waals surface area contributed by atoms with E-state index in [9.17, 15) is 9.59 Å². The fourth-order valence-electron chi connectivity index (χ4n) is 4.33. The molecule has 1 aliphatic rings. The third kappa shape index (κ3) is 7.78. The largest absolute Gasteiger partial charge is 0.473 e. The van der Waals surface area contributed by atoms with E-state index in [0.717, 1.165) is 40.4 Å². The summed E-state index contributed by atoms with van der Waals surface area (Å²) < 4.78 is 19.8. The standard InChI is InChI=1S/C28H32IN3O5/c1-2-35-28(34)24-16-27(37-19-21-12-6-7-13-22(21)29)32(31-24)17-26(33)30-23-14-8-9-15-25(23)36-18-20-10-4-3-5-11-20/h3-7,10-13,16,23,25H,2,8-9,14-15,17-19H2,1H3,(H,30,33)/t23-,25-/m0/s1. The molecule has 4 rings (SSSR count). The fourth-order valence-corrected chi connectivity index (χ4v) is 4.87. The molecule has 1 aliphatic carbocycles. The van der Waals surface area contributed by atoms with Crippen molar-refractivity contribution in [3.63, 3.8) is 0 Å². The van der Waals surface area contributed by atoms with Gasteiger partial charge in [0.25, 0.3) is 0 Å². The zero-order valence-electron chi connectivity index (χ0n) is 20.9. The lowest BCUT2D eigenvalue weighted by atomic mass is 9.92. The van der Waals surface area contributed by atoms with Crippen LogP contribution in [0.25, 0.3) is 0 Å². The van der Waals surface area contributed by atoms with Gasteiger partial charge in [-0.15, -0.1) is 0 Å². The SMILES string of the molecule is CCOC(=O)c1cc(OCc2ccccc2I)n(CC(=O)N[C@H]2CCCC[C@@H]2OCc2ccccc2)n1. The maximum atomic E-state index is 13.1. The zero-order valence-corrected chi connectivity index (χ0v) is 23.1. The van der Waals surface area contributed by atoms with Crippen LogP contribution in [0.5, 0.6) is 5.88 Å². The van der Waals surface area contributed by atoms with Crippen LogP contribution in [-0.4, -0.2) is 40.4 Å². The lowest BCUT2D eigenvalue weighted by Crippen LogP contribution is -2.47. The third-order valence-corrected chi connectivity index (χ3v) is 7.26. The van der Waals surface area contributed by atoms with Gasteiger partial charge >= 0.3 is 5.97 Å². The molecule has 2 atom stereocenters. The number of halogens is 1. The topological polar surface area (TPSA) is 91.7 Å². The average molecular weight is 617 g/mol. The summed E-state index contributed by atoms with van der Waals surface area (Å²) in [6.45, 7) is 2.68. The van der Waals surface area contributed by atoms with Crippen molar-refractivity contribution in [3.8, 4) is 5.88 Å². The number of carbonyl (C=O) groups is 2. The Balaban J connectivity index is 1.42. The molecule has 0 unspecified atom stereocenters. The lowest BCUT2D eigenvalue weighted by molar-refractivity contribution is -0.124. The van der Waals surface area contributed by atoms with Crippen LogP contribution in [0.4, 0.5) is 0 Å². The zero-order chi connectivity index (χ0) is 26.0. The monoisotopic (exact) mass is 617 g/mol. The number of ether oxygens (including phenoxy) is 3. The smallest absolute Gasteiger partial charge is 0.358 e. The van der Waals surface area contributed by atoms with Gasteiger partial charge in [-0.05, 0) is 54.0 Å². The molecule has 1 fully saturated rings. The molecule has 37 heavy (non-hydrogen) atoms. The van der Waals surface area contributed by atoms with Crippen LogP contribution in [0.2, 0.25) is 0 Å². The number of esters is 1. The Kier molecular flexibility index (Phi) is 9.95. The molecule has 1 saturated carbocycles. The number of rotatable bonds is 11. The first-order chi connectivity index (χ1) is 18.0. The van der Waals surface area contributed by atoms with E-state index in [0.29, 0.717) is 12.5 Å². The highest BCUT2D eigenvalue weighted by molar-refractivity contribution is 14.1. The molecule has 9 heteroatoms. The van der Waals surface area contributed by atoms with Gasteiger partial charge in [-0.1, -0.05) is 61.4 Å². The Labute approximate surface area is 230 Å². The maximum absolute atomic E-state index is 13.1. The van der Waals surface area contributed by atoms with Crippen LogP contribution < -0.4 is 10.1 Å². The number of benzene rings is 2. The third-order valence-electron chi connectivity index (χ3n) is 6.21. The predicted molar refractivity (Wildman–Crippen MR) is 147 cm³/mol. The molecule has 2 aromatic carbocycles.